The molecule has 2 unspecified atom stereocenters. The van der Waals surface area contributed by atoms with Gasteiger partial charge in [0.1, 0.15) is 0 Å². The Morgan fingerprint density at radius 1 is 1.26 bits per heavy atom. The molecule has 0 aliphatic rings. The number of hydrogen-bond acceptors (Lipinski definition) is 4. The van der Waals surface area contributed by atoms with Gasteiger partial charge in [-0.3, -0.25) is 0 Å². The lowest BCUT2D eigenvalue weighted by atomic mass is 10.0. The van der Waals surface area contributed by atoms with E-state index in [1.165, 1.54) is 5.56 Å². The summed E-state index contributed by atoms with van der Waals surface area (Å²) in [6.45, 7) is 5.89. The summed E-state index contributed by atoms with van der Waals surface area (Å²) < 4.78 is 5.22. The minimum atomic E-state index is -0.437. The fourth-order valence-electron chi connectivity index (χ4n) is 1.93. The summed E-state index contributed by atoms with van der Waals surface area (Å²) in [5.74, 6) is 1.05. The monoisotopic (exact) mass is 260 g/mol. The van der Waals surface area contributed by atoms with E-state index >= 15 is 0 Å². The van der Waals surface area contributed by atoms with E-state index in [1.807, 2.05) is 13.8 Å². The molecular weight excluding hydrogens is 240 g/mol. The van der Waals surface area contributed by atoms with Gasteiger partial charge in [0.05, 0.1) is 12.0 Å². The minimum absolute atomic E-state index is 0.121. The van der Waals surface area contributed by atoms with Crippen molar-refractivity contribution in [1.82, 2.24) is 10.1 Å². The molecule has 1 aromatic carbocycles. The van der Waals surface area contributed by atoms with Crippen LogP contribution in [0.1, 0.15) is 49.0 Å². The van der Waals surface area contributed by atoms with Crippen molar-refractivity contribution in [1.29, 1.82) is 0 Å². The van der Waals surface area contributed by atoms with Gasteiger partial charge in [0, 0.05) is 6.42 Å². The molecule has 0 aliphatic carbocycles. The summed E-state index contributed by atoms with van der Waals surface area (Å²) in [5, 5.41) is 13.8. The molecule has 4 nitrogen and oxygen atoms in total. The topological polar surface area (TPSA) is 59.2 Å². The molecule has 0 radical (unpaired) electrons. The molecule has 0 aliphatic heterocycles. The number of aromatic nitrogens is 2. The number of aliphatic hydroxyl groups excluding tert-OH is 1. The zero-order valence-corrected chi connectivity index (χ0v) is 11.6. The maximum absolute atomic E-state index is 9.78. The van der Waals surface area contributed by atoms with E-state index in [0.29, 0.717) is 24.6 Å². The van der Waals surface area contributed by atoms with Gasteiger partial charge in [-0.1, -0.05) is 48.8 Å². The third kappa shape index (κ3) is 3.41. The third-order valence-electron chi connectivity index (χ3n) is 3.35. The van der Waals surface area contributed by atoms with Crippen molar-refractivity contribution in [3.05, 3.63) is 47.1 Å². The molecule has 2 rings (SSSR count). The zero-order chi connectivity index (χ0) is 13.8. The predicted molar refractivity (Wildman–Crippen MR) is 73.0 cm³/mol. The first-order valence-corrected chi connectivity index (χ1v) is 6.66. The Bertz CT molecular complexity index is 519. The van der Waals surface area contributed by atoms with Gasteiger partial charge in [-0.05, 0) is 18.9 Å². The van der Waals surface area contributed by atoms with Crippen LogP contribution in [-0.4, -0.2) is 21.4 Å². The Labute approximate surface area is 113 Å². The second kappa shape index (κ2) is 5.97. The van der Waals surface area contributed by atoms with Gasteiger partial charge < -0.3 is 9.63 Å². The molecule has 1 heterocycles. The lowest BCUT2D eigenvalue weighted by Crippen LogP contribution is -2.14. The molecule has 1 aromatic heterocycles. The first kappa shape index (κ1) is 13.7. The van der Waals surface area contributed by atoms with E-state index in [2.05, 4.69) is 41.3 Å². The van der Waals surface area contributed by atoms with Gasteiger partial charge in [-0.2, -0.15) is 4.98 Å². The van der Waals surface area contributed by atoms with Crippen LogP contribution in [0.15, 0.2) is 28.8 Å². The Morgan fingerprint density at radius 2 is 1.95 bits per heavy atom. The number of aliphatic hydroxyl groups is 1. The number of benzene rings is 1. The summed E-state index contributed by atoms with van der Waals surface area (Å²) >= 11 is 0. The van der Waals surface area contributed by atoms with E-state index in [9.17, 15) is 5.11 Å². The maximum Gasteiger partial charge on any atom is 0.232 e. The molecule has 2 atom stereocenters. The molecular formula is C15H20N2O2. The van der Waals surface area contributed by atoms with Crippen molar-refractivity contribution in [2.45, 2.75) is 45.6 Å². The van der Waals surface area contributed by atoms with Gasteiger partial charge in [-0.25, -0.2) is 0 Å². The van der Waals surface area contributed by atoms with Crippen molar-refractivity contribution >= 4 is 0 Å². The highest BCUT2D eigenvalue weighted by atomic mass is 16.5. The molecule has 0 spiro atoms. The van der Waals surface area contributed by atoms with Crippen molar-refractivity contribution in [3.8, 4) is 0 Å². The highest BCUT2D eigenvalue weighted by molar-refractivity contribution is 5.23. The molecule has 1 N–H and O–H groups in total. The fraction of sp³-hybridized carbons (Fsp3) is 0.467. The first-order chi connectivity index (χ1) is 9.10. The largest absolute Gasteiger partial charge is 0.392 e. The second-order valence-electron chi connectivity index (χ2n) is 4.98. The van der Waals surface area contributed by atoms with Crippen LogP contribution in [0.2, 0.25) is 0 Å². The minimum Gasteiger partial charge on any atom is -0.392 e. The van der Waals surface area contributed by atoms with E-state index in [0.717, 1.165) is 5.56 Å². The fourth-order valence-corrected chi connectivity index (χ4v) is 1.93. The Balaban J connectivity index is 2.07. The van der Waals surface area contributed by atoms with Crippen LogP contribution in [0.25, 0.3) is 0 Å². The summed E-state index contributed by atoms with van der Waals surface area (Å²) in [5.41, 5.74) is 2.39. The quantitative estimate of drug-likeness (QED) is 0.898. The number of rotatable bonds is 5. The van der Waals surface area contributed by atoms with Gasteiger partial charge in [0.2, 0.25) is 5.89 Å². The van der Waals surface area contributed by atoms with E-state index < -0.39 is 6.10 Å². The first-order valence-electron chi connectivity index (χ1n) is 6.66. The van der Waals surface area contributed by atoms with Crippen molar-refractivity contribution in [3.63, 3.8) is 0 Å². The van der Waals surface area contributed by atoms with E-state index in [1.54, 1.807) is 0 Å². The molecule has 0 fully saturated rings. The van der Waals surface area contributed by atoms with E-state index in [-0.39, 0.29) is 5.92 Å². The molecule has 2 aromatic rings. The summed E-state index contributed by atoms with van der Waals surface area (Å²) in [6, 6.07) is 8.27. The van der Waals surface area contributed by atoms with Crippen molar-refractivity contribution < 1.29 is 9.63 Å². The Kier molecular flexibility index (Phi) is 4.32. The van der Waals surface area contributed by atoms with Gasteiger partial charge in [-0.15, -0.1) is 0 Å². The molecule has 102 valence electrons. The van der Waals surface area contributed by atoms with Gasteiger partial charge >= 0.3 is 0 Å². The zero-order valence-electron chi connectivity index (χ0n) is 11.6. The molecule has 4 heteroatoms. The SMILES string of the molecule is CCC(O)C(C)c1nc(Cc2ccc(C)cc2)no1. The smallest absolute Gasteiger partial charge is 0.232 e. The average molecular weight is 260 g/mol. The maximum atomic E-state index is 9.78. The van der Waals surface area contributed by atoms with Crippen LogP contribution < -0.4 is 0 Å². The molecule has 19 heavy (non-hydrogen) atoms. The van der Waals surface area contributed by atoms with Crippen molar-refractivity contribution in [2.75, 3.05) is 0 Å². The van der Waals surface area contributed by atoms with Gasteiger partial charge in [0.25, 0.3) is 0 Å². The van der Waals surface area contributed by atoms with Crippen LogP contribution in [0.4, 0.5) is 0 Å². The normalized spacial score (nSPS) is 14.3. The predicted octanol–water partition coefficient (Wildman–Crippen LogP) is 2.84. The highest BCUT2D eigenvalue weighted by Crippen LogP contribution is 2.20. The molecule has 0 bridgehead atoms. The molecule has 0 amide bonds. The Hall–Kier alpha value is -1.68. The van der Waals surface area contributed by atoms with Crippen LogP contribution in [0.5, 0.6) is 0 Å². The third-order valence-corrected chi connectivity index (χ3v) is 3.35. The summed E-state index contributed by atoms with van der Waals surface area (Å²) in [6.07, 6.45) is 0.892. The summed E-state index contributed by atoms with van der Waals surface area (Å²) in [4.78, 5) is 4.36. The van der Waals surface area contributed by atoms with Crippen LogP contribution >= 0.6 is 0 Å². The summed E-state index contributed by atoms with van der Waals surface area (Å²) in [7, 11) is 0. The number of hydrogen-bond donors (Lipinski definition) is 1. The lowest BCUT2D eigenvalue weighted by Gasteiger charge is -2.11. The number of nitrogens with zero attached hydrogens (tertiary/aromatic N) is 2. The second-order valence-corrected chi connectivity index (χ2v) is 4.98. The average Bonchev–Trinajstić information content (AvgIpc) is 2.88. The lowest BCUT2D eigenvalue weighted by molar-refractivity contribution is 0.129. The van der Waals surface area contributed by atoms with E-state index in [4.69, 9.17) is 4.52 Å². The molecule has 0 saturated heterocycles. The van der Waals surface area contributed by atoms with Crippen LogP contribution in [0, 0.1) is 6.92 Å². The standard InChI is InChI=1S/C15H20N2O2/c1-4-13(18)11(3)15-16-14(17-19-15)9-12-7-5-10(2)6-8-12/h5-8,11,13,18H,4,9H2,1-3H3. The number of aryl methyl sites for hydroxylation is 1. The highest BCUT2D eigenvalue weighted by Gasteiger charge is 2.20. The van der Waals surface area contributed by atoms with Crippen LogP contribution in [-0.2, 0) is 6.42 Å². The van der Waals surface area contributed by atoms with Crippen LogP contribution in [0.3, 0.4) is 0 Å². The van der Waals surface area contributed by atoms with Gasteiger partial charge in [0.15, 0.2) is 5.82 Å². The van der Waals surface area contributed by atoms with Crippen molar-refractivity contribution in [2.24, 2.45) is 0 Å². The molecule has 0 saturated carbocycles. The Morgan fingerprint density at radius 3 is 2.58 bits per heavy atom.